The van der Waals surface area contributed by atoms with Gasteiger partial charge in [0.05, 0.1) is 0 Å². The van der Waals surface area contributed by atoms with Gasteiger partial charge >= 0.3 is 0 Å². The van der Waals surface area contributed by atoms with Gasteiger partial charge < -0.3 is 0 Å². The molecule has 0 aliphatic heterocycles. The number of aryl methyl sites for hydroxylation is 2. The molecule has 0 fully saturated rings. The first-order valence-corrected chi connectivity index (χ1v) is 9.15. The van der Waals surface area contributed by atoms with Crippen LogP contribution in [0.1, 0.15) is 77.6 Å². The van der Waals surface area contributed by atoms with Crippen LogP contribution in [0.15, 0.2) is 48.5 Å². The van der Waals surface area contributed by atoms with E-state index >= 15 is 0 Å². The fraction of sp³-hybridized carbons (Fsp3) is 0.500. The molecular formula is C24H38. The van der Waals surface area contributed by atoms with Gasteiger partial charge in [-0.15, -0.1) is 0 Å². The largest absolute Gasteiger partial charge is 0.0683 e. The standard InChI is InChI=1S/2C11H16.C2H6/c2*1-9-7-5-6-8-10(9)11(2,3)4;1-2/h2*5-8H,1-4H3;1-2H3. The molecule has 2 aromatic carbocycles. The summed E-state index contributed by atoms with van der Waals surface area (Å²) < 4.78 is 0. The van der Waals surface area contributed by atoms with Crippen molar-refractivity contribution in [3.8, 4) is 0 Å². The Bertz CT molecular complexity index is 536. The molecule has 0 aromatic heterocycles. The van der Waals surface area contributed by atoms with E-state index in [0.717, 1.165) is 0 Å². The van der Waals surface area contributed by atoms with Crippen molar-refractivity contribution in [2.75, 3.05) is 0 Å². The van der Waals surface area contributed by atoms with Gasteiger partial charge in [0, 0.05) is 0 Å². The topological polar surface area (TPSA) is 0 Å². The Balaban J connectivity index is 0.000000400. The van der Waals surface area contributed by atoms with Gasteiger partial charge in [0.15, 0.2) is 0 Å². The molecule has 0 aliphatic carbocycles. The summed E-state index contributed by atoms with van der Waals surface area (Å²) in [7, 11) is 0. The Morgan fingerprint density at radius 1 is 0.500 bits per heavy atom. The zero-order valence-corrected chi connectivity index (χ0v) is 17.6. The van der Waals surface area contributed by atoms with Gasteiger partial charge in [-0.2, -0.15) is 0 Å². The molecule has 0 bridgehead atoms. The van der Waals surface area contributed by atoms with Gasteiger partial charge in [0.1, 0.15) is 0 Å². The highest BCUT2D eigenvalue weighted by Crippen LogP contribution is 2.25. The molecule has 0 saturated heterocycles. The van der Waals surface area contributed by atoms with Gasteiger partial charge in [-0.05, 0) is 46.9 Å². The lowest BCUT2D eigenvalue weighted by Crippen LogP contribution is -2.12. The van der Waals surface area contributed by atoms with Crippen molar-refractivity contribution in [1.82, 2.24) is 0 Å². The molecule has 0 unspecified atom stereocenters. The number of hydrogen-bond donors (Lipinski definition) is 0. The van der Waals surface area contributed by atoms with Crippen LogP contribution in [-0.4, -0.2) is 0 Å². The van der Waals surface area contributed by atoms with Crippen LogP contribution in [0.5, 0.6) is 0 Å². The maximum absolute atomic E-state index is 2.25. The summed E-state index contributed by atoms with van der Waals surface area (Å²) in [4.78, 5) is 0. The lowest BCUT2D eigenvalue weighted by molar-refractivity contribution is 0.586. The number of hydrogen-bond acceptors (Lipinski definition) is 0. The molecule has 0 radical (unpaired) electrons. The average molecular weight is 327 g/mol. The third-order valence-corrected chi connectivity index (χ3v) is 3.91. The van der Waals surface area contributed by atoms with Crippen molar-refractivity contribution in [3.05, 3.63) is 70.8 Å². The number of benzene rings is 2. The maximum atomic E-state index is 2.25. The first kappa shape index (κ1) is 22.4. The minimum atomic E-state index is 0.283. The quantitative estimate of drug-likeness (QED) is 0.467. The van der Waals surface area contributed by atoms with Crippen molar-refractivity contribution < 1.29 is 0 Å². The predicted molar refractivity (Wildman–Crippen MR) is 111 cm³/mol. The molecule has 0 spiro atoms. The molecule has 2 aromatic rings. The molecule has 0 amide bonds. The Labute approximate surface area is 151 Å². The lowest BCUT2D eigenvalue weighted by Gasteiger charge is -2.21. The van der Waals surface area contributed by atoms with Crippen molar-refractivity contribution in [3.63, 3.8) is 0 Å². The Morgan fingerprint density at radius 3 is 0.917 bits per heavy atom. The Kier molecular flexibility index (Phi) is 9.04. The van der Waals surface area contributed by atoms with E-state index in [2.05, 4.69) is 104 Å². The maximum Gasteiger partial charge on any atom is -0.0129 e. The van der Waals surface area contributed by atoms with Crippen LogP contribution in [0.3, 0.4) is 0 Å². The highest BCUT2D eigenvalue weighted by atomic mass is 14.2. The second-order valence-corrected chi connectivity index (χ2v) is 8.13. The molecule has 24 heavy (non-hydrogen) atoms. The van der Waals surface area contributed by atoms with Crippen LogP contribution in [-0.2, 0) is 10.8 Å². The summed E-state index contributed by atoms with van der Waals surface area (Å²) >= 11 is 0. The molecule has 134 valence electrons. The number of rotatable bonds is 0. The van der Waals surface area contributed by atoms with Crippen molar-refractivity contribution in [1.29, 1.82) is 0 Å². The third kappa shape index (κ3) is 7.34. The first-order valence-electron chi connectivity index (χ1n) is 9.15. The van der Waals surface area contributed by atoms with E-state index in [1.165, 1.54) is 22.3 Å². The Morgan fingerprint density at radius 2 is 0.750 bits per heavy atom. The summed E-state index contributed by atoms with van der Waals surface area (Å²) in [5.41, 5.74) is 6.23. The fourth-order valence-corrected chi connectivity index (χ4v) is 2.83. The van der Waals surface area contributed by atoms with Crippen LogP contribution in [0.4, 0.5) is 0 Å². The Hall–Kier alpha value is -1.56. The van der Waals surface area contributed by atoms with Crippen molar-refractivity contribution >= 4 is 0 Å². The van der Waals surface area contributed by atoms with E-state index in [4.69, 9.17) is 0 Å². The zero-order valence-electron chi connectivity index (χ0n) is 17.6. The van der Waals surface area contributed by atoms with Gasteiger partial charge in [-0.1, -0.05) is 104 Å². The predicted octanol–water partition coefficient (Wildman–Crippen LogP) is 7.61. The first-order chi connectivity index (χ1) is 11.0. The summed E-state index contributed by atoms with van der Waals surface area (Å²) in [5, 5.41) is 0. The highest BCUT2D eigenvalue weighted by molar-refractivity contribution is 5.32. The summed E-state index contributed by atoms with van der Waals surface area (Å²) in [6, 6.07) is 17.1. The average Bonchev–Trinajstić information content (AvgIpc) is 2.48. The minimum absolute atomic E-state index is 0.283. The monoisotopic (exact) mass is 326 g/mol. The summed E-state index contributed by atoms with van der Waals surface area (Å²) in [6.45, 7) is 21.8. The minimum Gasteiger partial charge on any atom is -0.0683 e. The zero-order chi connectivity index (χ0) is 19.0. The van der Waals surface area contributed by atoms with E-state index in [-0.39, 0.29) is 10.8 Å². The van der Waals surface area contributed by atoms with E-state index in [9.17, 15) is 0 Å². The van der Waals surface area contributed by atoms with Crippen molar-refractivity contribution in [2.24, 2.45) is 0 Å². The van der Waals surface area contributed by atoms with Crippen molar-refractivity contribution in [2.45, 2.75) is 80.1 Å². The molecule has 0 nitrogen and oxygen atoms in total. The van der Waals surface area contributed by atoms with Gasteiger partial charge in [0.25, 0.3) is 0 Å². The normalized spacial score (nSPS) is 10.9. The van der Waals surface area contributed by atoms with E-state index in [0.29, 0.717) is 0 Å². The lowest BCUT2D eigenvalue weighted by atomic mass is 9.84. The SMILES string of the molecule is CC.Cc1ccccc1C(C)(C)C.Cc1ccccc1C(C)(C)C. The second-order valence-electron chi connectivity index (χ2n) is 8.13. The highest BCUT2D eigenvalue weighted by Gasteiger charge is 2.15. The molecular weight excluding hydrogens is 288 g/mol. The van der Waals surface area contributed by atoms with Gasteiger partial charge in [-0.3, -0.25) is 0 Å². The second kappa shape index (κ2) is 9.67. The molecule has 0 N–H and O–H groups in total. The summed E-state index contributed by atoms with van der Waals surface area (Å²) in [6.07, 6.45) is 0. The van der Waals surface area contributed by atoms with Gasteiger partial charge in [0.2, 0.25) is 0 Å². The van der Waals surface area contributed by atoms with E-state index in [1.807, 2.05) is 13.8 Å². The molecule has 0 atom stereocenters. The van der Waals surface area contributed by atoms with Crippen LogP contribution >= 0.6 is 0 Å². The molecule has 0 saturated carbocycles. The van der Waals surface area contributed by atoms with Crippen LogP contribution in [0, 0.1) is 13.8 Å². The summed E-state index contributed by atoms with van der Waals surface area (Å²) in [5.74, 6) is 0. The van der Waals surface area contributed by atoms with Crippen LogP contribution in [0.25, 0.3) is 0 Å². The molecule has 0 heterocycles. The van der Waals surface area contributed by atoms with E-state index < -0.39 is 0 Å². The fourth-order valence-electron chi connectivity index (χ4n) is 2.83. The van der Waals surface area contributed by atoms with E-state index in [1.54, 1.807) is 0 Å². The third-order valence-electron chi connectivity index (χ3n) is 3.91. The van der Waals surface area contributed by atoms with Crippen LogP contribution in [0.2, 0.25) is 0 Å². The molecule has 0 heteroatoms. The van der Waals surface area contributed by atoms with Crippen LogP contribution < -0.4 is 0 Å². The van der Waals surface area contributed by atoms with Gasteiger partial charge in [-0.25, -0.2) is 0 Å². The molecule has 2 rings (SSSR count). The molecule has 0 aliphatic rings. The smallest absolute Gasteiger partial charge is 0.0129 e.